The average molecular weight is 1820 g/mol. The van der Waals surface area contributed by atoms with Crippen LogP contribution in [0.4, 0.5) is 16.2 Å². The monoisotopic (exact) mass is 1820 g/mol. The van der Waals surface area contributed by atoms with Gasteiger partial charge in [-0.2, -0.15) is 0 Å². The number of ether oxygens (including phenoxy) is 4. The number of carboxylic acids is 1. The summed E-state index contributed by atoms with van der Waals surface area (Å²) in [6, 6.07) is 12.5. The van der Waals surface area contributed by atoms with Crippen molar-refractivity contribution in [2.24, 2.45) is 11.5 Å². The summed E-state index contributed by atoms with van der Waals surface area (Å²) >= 11 is 0.992. The maximum atomic E-state index is 14.4. The fourth-order valence-electron chi connectivity index (χ4n) is 13.2. The molecule has 0 spiro atoms. The van der Waals surface area contributed by atoms with E-state index in [-0.39, 0.29) is 231 Å². The molecule has 1 aliphatic heterocycles. The van der Waals surface area contributed by atoms with Crippen LogP contribution >= 0.6 is 19.4 Å². The molecule has 2 unspecified atom stereocenters. The second kappa shape index (κ2) is 58.8. The predicted molar refractivity (Wildman–Crippen MR) is 466 cm³/mol. The molecule has 15 amide bonds. The van der Waals surface area contributed by atoms with Crippen LogP contribution in [0.5, 0.6) is 0 Å². The van der Waals surface area contributed by atoms with Crippen LogP contribution in [0.1, 0.15) is 178 Å². The molecule has 41 nitrogen and oxygen atoms in total. The Morgan fingerprint density at radius 2 is 1.12 bits per heavy atom. The molecule has 2 aromatic carbocycles. The van der Waals surface area contributed by atoms with Gasteiger partial charge in [0, 0.05) is 120 Å². The van der Waals surface area contributed by atoms with Crippen molar-refractivity contribution in [3.63, 3.8) is 0 Å². The molecule has 2 heterocycles. The van der Waals surface area contributed by atoms with Gasteiger partial charge < -0.3 is 114 Å². The normalized spacial score (nSPS) is 15.0. The smallest absolute Gasteiger partial charge is 0.356 e. The highest BCUT2D eigenvalue weighted by atomic mass is 32.2. The zero-order valence-electron chi connectivity index (χ0n) is 72.3. The number of thioether (sulfide) groups is 1. The number of urea groups is 1. The summed E-state index contributed by atoms with van der Waals surface area (Å²) in [5.41, 5.74) is 13.6. The van der Waals surface area contributed by atoms with Crippen molar-refractivity contribution in [3.8, 4) is 0 Å². The van der Waals surface area contributed by atoms with Crippen molar-refractivity contribution in [2.45, 2.75) is 221 Å². The number of anilines is 2. The quantitative estimate of drug-likeness (QED) is 0.0214. The molecule has 2 fully saturated rings. The number of amides is 15. The molecule has 127 heavy (non-hydrogen) atoms. The van der Waals surface area contributed by atoms with Gasteiger partial charge in [-0.05, 0) is 145 Å². The number of likely N-dealkylation sites (tertiary alicyclic amines) is 1. The molecule has 1 aromatic heterocycles. The number of imide groups is 1. The van der Waals surface area contributed by atoms with E-state index in [1.807, 2.05) is 25.1 Å². The molecule has 43 heteroatoms. The third-order valence-corrected chi connectivity index (χ3v) is 23.4. The standard InChI is InChI=1S/C84H127N16O25PS/c1-57-16-4-5-19-63(57)98-82(117)94-60-27-24-58(25-28-60)52-73(107)96-65(21-8-12-38-88-68(102)29-26-59-17-15-37-87-54-59)78(113)97-66(22-14-23-75(109)110)79(114)99-84(35-9-3-10-36-84)81(116)93-43-47-125-51-50-124-45-41-90-70(104)31-30-69(103)89-40-44-122-48-49-123-46-42-91-71(105)32-33-72(106)95-64(76(86)111)20-7-13-39-92-77(112)62(85)56-127-67-53-74(108)100(80(67)115)55-61(101)18-6-11-34-83(2,118)126(119,120)121/h4-5,15-17,19,24-25,27-28,37,54,62,64-67,118H,3,6-14,18,20-23,26,29-36,38-53,55-56,85H2,1-2H3,(H2,86,111)(H,88,102)(H,89,103)(H,90,104)(H,91,105)(H,92,112)(H,93,116)(H,95,106)(H,96,107)(H,97,113)(H,99,114)(H,109,110)(H2,94,98,117)(H2,119,120,121)/t62-,64+,65+,66+,67?,83?/m1/s1. The fraction of sp³-hybridized carbons (Fsp3) is 0.607. The van der Waals surface area contributed by atoms with Crippen LogP contribution in [0.2, 0.25) is 0 Å². The Kier molecular flexibility index (Phi) is 49.6. The lowest BCUT2D eigenvalue weighted by Crippen LogP contribution is -2.63. The number of nitrogens with one attached hydrogen (secondary N) is 12. The Labute approximate surface area is 742 Å². The summed E-state index contributed by atoms with van der Waals surface area (Å²) < 4.78 is 33.6. The number of ketones is 1. The van der Waals surface area contributed by atoms with Crippen LogP contribution in [0.15, 0.2) is 73.1 Å². The highest BCUT2D eigenvalue weighted by Crippen LogP contribution is 2.51. The molecule has 20 N–H and O–H groups in total. The number of hydrogen-bond acceptors (Lipinski definition) is 25. The topological polar surface area (TPSA) is 621 Å². The van der Waals surface area contributed by atoms with Crippen LogP contribution < -0.4 is 75.3 Å². The van der Waals surface area contributed by atoms with Crippen LogP contribution in [-0.2, 0) is 108 Å². The first-order chi connectivity index (χ1) is 60.6. The largest absolute Gasteiger partial charge is 0.481 e. The molecule has 3 aromatic rings. The van der Waals surface area contributed by atoms with Crippen LogP contribution in [-0.4, -0.2) is 269 Å². The first-order valence-electron chi connectivity index (χ1n) is 42.9. The van der Waals surface area contributed by atoms with Crippen molar-refractivity contribution in [3.05, 3.63) is 89.7 Å². The van der Waals surface area contributed by atoms with Gasteiger partial charge in [0.15, 0.2) is 11.1 Å². The minimum Gasteiger partial charge on any atom is -0.481 e. The highest BCUT2D eigenvalue weighted by molar-refractivity contribution is 8.00. The summed E-state index contributed by atoms with van der Waals surface area (Å²) in [7, 11) is -4.77. The van der Waals surface area contributed by atoms with Crippen LogP contribution in [0.3, 0.4) is 0 Å². The van der Waals surface area contributed by atoms with E-state index < -0.39 is 131 Å². The van der Waals surface area contributed by atoms with Crippen molar-refractivity contribution in [2.75, 3.05) is 115 Å². The molecular weight excluding hydrogens is 1700 g/mol. The number of Topliss-reactive ketones (excluding diaryl/α,β-unsaturated/α-hetero) is 1. The molecule has 1 saturated heterocycles. The SMILES string of the molecule is Cc1ccccc1NC(=O)Nc1ccc(CC(=O)N[C@@H](CCCCNC(=O)CCc2cccnc2)C(=O)N[C@@H](CCCC(=O)O)C(=O)NC2(C(=O)NCCOCCOCCNC(=O)CCC(=O)NCCOCCOCCNC(=O)CCC(=O)N[C@@H](CCCCNC(=O)[C@H](N)CSC3CC(=O)N(CC(=O)CCCCC(C)(O)P(=O)(O)O)C3=O)C(N)=O)CCCCC2)cc1. The number of aliphatic carboxylic acids is 1. The van der Waals surface area contributed by atoms with E-state index in [2.05, 4.69) is 68.8 Å². The Morgan fingerprint density at radius 3 is 1.69 bits per heavy atom. The summed E-state index contributed by atoms with van der Waals surface area (Å²) in [5, 5.41) is 49.3. The Hall–Kier alpha value is -10.4. The van der Waals surface area contributed by atoms with Gasteiger partial charge in [0.25, 0.3) is 0 Å². The Bertz CT molecular complexity index is 4120. The molecule has 1 saturated carbocycles. The average Bonchev–Trinajstić information content (AvgIpc) is 1.63. The lowest BCUT2D eigenvalue weighted by Gasteiger charge is -2.38. The van der Waals surface area contributed by atoms with Gasteiger partial charge in [-0.1, -0.05) is 55.7 Å². The summed E-state index contributed by atoms with van der Waals surface area (Å²) in [5.74, 6) is -8.49. The van der Waals surface area contributed by atoms with Gasteiger partial charge >= 0.3 is 19.6 Å². The maximum Gasteiger partial charge on any atom is 0.356 e. The lowest BCUT2D eigenvalue weighted by molar-refractivity contribution is -0.142. The number of carboxylic acid groups (broad SMARTS) is 1. The second-order valence-electron chi connectivity index (χ2n) is 31.1. The third-order valence-electron chi connectivity index (χ3n) is 20.6. The first kappa shape index (κ1) is 107. The lowest BCUT2D eigenvalue weighted by atomic mass is 9.80. The zero-order chi connectivity index (χ0) is 93.0. The van der Waals surface area contributed by atoms with E-state index in [1.54, 1.807) is 54.9 Å². The van der Waals surface area contributed by atoms with E-state index in [0.29, 0.717) is 61.9 Å². The van der Waals surface area contributed by atoms with E-state index in [0.717, 1.165) is 41.1 Å². The van der Waals surface area contributed by atoms with Gasteiger partial charge in [0.05, 0.1) is 77.1 Å². The van der Waals surface area contributed by atoms with E-state index in [9.17, 15) is 101 Å². The number of carbonyl (C=O) groups is 16. The van der Waals surface area contributed by atoms with E-state index >= 15 is 0 Å². The van der Waals surface area contributed by atoms with Gasteiger partial charge in [0.2, 0.25) is 76.8 Å². The number of nitrogens with two attached hydrogens (primary N) is 2. The number of aliphatic hydroxyl groups is 1. The minimum atomic E-state index is -4.77. The summed E-state index contributed by atoms with van der Waals surface area (Å²) in [6.45, 7) is 4.48. The second-order valence-corrected chi connectivity index (χ2v) is 34.4. The molecule has 704 valence electrons. The van der Waals surface area contributed by atoms with Gasteiger partial charge in [-0.3, -0.25) is 86.4 Å². The molecular formula is C84H127N16O25PS. The van der Waals surface area contributed by atoms with Crippen molar-refractivity contribution >= 4 is 125 Å². The number of unbranched alkanes of at least 4 members (excludes halogenated alkanes) is 3. The molecule has 5 rings (SSSR count). The molecule has 0 bridgehead atoms. The number of nitrogens with zero attached hydrogens (tertiary/aromatic N) is 2. The Balaban J connectivity index is 0.884. The van der Waals surface area contributed by atoms with Gasteiger partial charge in [0.1, 0.15) is 23.7 Å². The van der Waals surface area contributed by atoms with Crippen LogP contribution in [0, 0.1) is 6.92 Å². The highest BCUT2D eigenvalue weighted by Gasteiger charge is 2.44. The molecule has 1 aliphatic carbocycles. The van der Waals surface area contributed by atoms with Crippen LogP contribution in [0.25, 0.3) is 0 Å². The number of pyridine rings is 1. The minimum absolute atomic E-state index is 0.0133. The molecule has 0 radical (unpaired) electrons. The van der Waals surface area contributed by atoms with Crippen molar-refractivity contribution in [1.29, 1.82) is 0 Å². The number of hydrogen-bond donors (Lipinski definition) is 18. The van der Waals surface area contributed by atoms with Gasteiger partial charge in [-0.15, -0.1) is 11.8 Å². The summed E-state index contributed by atoms with van der Waals surface area (Å²) in [4.78, 5) is 230. The number of carbonyl (C=O) groups excluding carboxylic acids is 15. The van der Waals surface area contributed by atoms with E-state index in [4.69, 9.17) is 30.4 Å². The zero-order valence-corrected chi connectivity index (χ0v) is 74.0. The predicted octanol–water partition coefficient (Wildman–Crippen LogP) is 1.09. The number of rotatable bonds is 65. The van der Waals surface area contributed by atoms with Gasteiger partial charge in [-0.25, -0.2) is 4.79 Å². The van der Waals surface area contributed by atoms with Crippen molar-refractivity contribution < 1.29 is 120 Å². The maximum absolute atomic E-state index is 14.4. The number of para-hydroxylation sites is 1. The number of aryl methyl sites for hydroxylation is 2. The summed E-state index contributed by atoms with van der Waals surface area (Å²) in [6.07, 6.45) is 6.92. The number of benzene rings is 2. The van der Waals surface area contributed by atoms with E-state index in [1.165, 1.54) is 0 Å². The fourth-order valence-corrected chi connectivity index (χ4v) is 14.8. The third kappa shape index (κ3) is 43.8. The Morgan fingerprint density at radius 1 is 0.575 bits per heavy atom. The van der Waals surface area contributed by atoms with Crippen molar-refractivity contribution in [1.82, 2.24) is 63.1 Å². The molecule has 2 aliphatic rings. The molecule has 6 atom stereocenters. The number of aromatic nitrogens is 1. The first-order valence-corrected chi connectivity index (χ1v) is 45.6. The number of primary amides is 1.